The van der Waals surface area contributed by atoms with Crippen molar-refractivity contribution in [3.8, 4) is 0 Å². The van der Waals surface area contributed by atoms with Gasteiger partial charge in [-0.05, 0) is 18.6 Å². The lowest BCUT2D eigenvalue weighted by Gasteiger charge is -2.13. The fraction of sp³-hybridized carbons (Fsp3) is 0.286. The largest absolute Gasteiger partial charge is 0.391 e. The van der Waals surface area contributed by atoms with E-state index in [1.54, 1.807) is 5.38 Å². The third kappa shape index (κ3) is 3.23. The maximum atomic E-state index is 13.1. The Balaban J connectivity index is 1.72. The third-order valence-electron chi connectivity index (χ3n) is 3.29. The molecule has 5 nitrogen and oxygen atoms in total. The number of nitrogens with one attached hydrogen (secondary N) is 1. The van der Waals surface area contributed by atoms with E-state index in [0.717, 1.165) is 18.2 Å². The van der Waals surface area contributed by atoms with Gasteiger partial charge in [-0.25, -0.2) is 13.8 Å². The van der Waals surface area contributed by atoms with Crippen molar-refractivity contribution < 1.29 is 18.7 Å². The topological polar surface area (TPSA) is 65.5 Å². The molecule has 0 bridgehead atoms. The molecule has 1 atom stereocenters. The van der Waals surface area contributed by atoms with Gasteiger partial charge in [0.25, 0.3) is 5.91 Å². The standard InChI is InChI=1S/C14H13F2N3O2S/c15-8-3-9(16)5-10(4-8)17-14-18-12(7-22-14)13(21)19-2-1-11(20)6-19/h3-5,7,11,20H,1-2,6H2,(H,17,18)/t11-/m0/s1. The molecule has 0 spiro atoms. The average molecular weight is 325 g/mol. The molecule has 1 fully saturated rings. The summed E-state index contributed by atoms with van der Waals surface area (Å²) in [5, 5.41) is 14.2. The van der Waals surface area contributed by atoms with Crippen LogP contribution in [0.15, 0.2) is 23.6 Å². The van der Waals surface area contributed by atoms with Crippen LogP contribution in [-0.2, 0) is 0 Å². The number of rotatable bonds is 3. The van der Waals surface area contributed by atoms with Crippen molar-refractivity contribution in [3.63, 3.8) is 0 Å². The van der Waals surface area contributed by atoms with Crippen LogP contribution in [0.1, 0.15) is 16.9 Å². The molecule has 2 N–H and O–H groups in total. The number of carbonyl (C=O) groups excluding carboxylic acids is 1. The number of benzene rings is 1. The minimum Gasteiger partial charge on any atom is -0.391 e. The molecule has 1 aromatic carbocycles. The molecule has 1 aromatic heterocycles. The summed E-state index contributed by atoms with van der Waals surface area (Å²) < 4.78 is 26.2. The Morgan fingerprint density at radius 3 is 2.73 bits per heavy atom. The molecule has 1 saturated heterocycles. The molecule has 2 heterocycles. The van der Waals surface area contributed by atoms with Crippen LogP contribution in [0, 0.1) is 11.6 Å². The van der Waals surface area contributed by atoms with Gasteiger partial charge in [0.1, 0.15) is 17.3 Å². The summed E-state index contributed by atoms with van der Waals surface area (Å²) >= 11 is 1.17. The lowest BCUT2D eigenvalue weighted by Crippen LogP contribution is -2.29. The van der Waals surface area contributed by atoms with E-state index < -0.39 is 17.7 Å². The first-order chi connectivity index (χ1) is 10.5. The molecule has 1 amide bonds. The first kappa shape index (κ1) is 14.9. The van der Waals surface area contributed by atoms with E-state index in [2.05, 4.69) is 10.3 Å². The maximum absolute atomic E-state index is 13.1. The summed E-state index contributed by atoms with van der Waals surface area (Å²) in [5.41, 5.74) is 0.473. The number of thiazole rings is 1. The van der Waals surface area contributed by atoms with Gasteiger partial charge in [-0.2, -0.15) is 0 Å². The summed E-state index contributed by atoms with van der Waals surface area (Å²) in [6.07, 6.45) is 0.0688. The number of nitrogens with zero attached hydrogens (tertiary/aromatic N) is 2. The molecule has 0 unspecified atom stereocenters. The molecular formula is C14H13F2N3O2S. The minimum atomic E-state index is -0.693. The zero-order valence-electron chi connectivity index (χ0n) is 11.4. The van der Waals surface area contributed by atoms with Crippen LogP contribution >= 0.6 is 11.3 Å². The van der Waals surface area contributed by atoms with Crippen molar-refractivity contribution in [2.24, 2.45) is 0 Å². The molecule has 3 rings (SSSR count). The monoisotopic (exact) mass is 325 g/mol. The second-order valence-electron chi connectivity index (χ2n) is 5.01. The highest BCUT2D eigenvalue weighted by molar-refractivity contribution is 7.14. The first-order valence-electron chi connectivity index (χ1n) is 6.67. The number of halogens is 2. The number of aromatic nitrogens is 1. The van der Waals surface area contributed by atoms with Gasteiger partial charge in [0.05, 0.1) is 6.10 Å². The van der Waals surface area contributed by atoms with Gasteiger partial charge in [0, 0.05) is 30.2 Å². The minimum absolute atomic E-state index is 0.224. The van der Waals surface area contributed by atoms with Crippen LogP contribution in [0.3, 0.4) is 0 Å². The van der Waals surface area contributed by atoms with Crippen LogP contribution < -0.4 is 5.32 Å². The van der Waals surface area contributed by atoms with Crippen LogP contribution in [0.2, 0.25) is 0 Å². The van der Waals surface area contributed by atoms with E-state index >= 15 is 0 Å². The van der Waals surface area contributed by atoms with E-state index in [4.69, 9.17) is 0 Å². The molecule has 0 radical (unpaired) electrons. The number of carbonyl (C=O) groups is 1. The lowest BCUT2D eigenvalue weighted by molar-refractivity contribution is 0.0760. The van der Waals surface area contributed by atoms with Gasteiger partial charge < -0.3 is 15.3 Å². The Morgan fingerprint density at radius 2 is 2.09 bits per heavy atom. The Kier molecular flexibility index (Phi) is 4.04. The van der Waals surface area contributed by atoms with E-state index in [0.29, 0.717) is 24.6 Å². The van der Waals surface area contributed by atoms with Crippen molar-refractivity contribution in [1.82, 2.24) is 9.88 Å². The lowest BCUT2D eigenvalue weighted by atomic mass is 10.3. The second-order valence-corrected chi connectivity index (χ2v) is 5.87. The average Bonchev–Trinajstić information content (AvgIpc) is 3.06. The SMILES string of the molecule is O=C(c1csc(Nc2cc(F)cc(F)c2)n1)N1CC[C@H](O)C1. The quantitative estimate of drug-likeness (QED) is 0.909. The van der Waals surface area contributed by atoms with Crippen molar-refractivity contribution >= 4 is 28.1 Å². The fourth-order valence-electron chi connectivity index (χ4n) is 2.27. The molecule has 2 aromatic rings. The Bertz CT molecular complexity index is 687. The van der Waals surface area contributed by atoms with Crippen LogP contribution in [0.4, 0.5) is 19.6 Å². The zero-order chi connectivity index (χ0) is 15.7. The Labute approximate surface area is 129 Å². The number of hydrogen-bond donors (Lipinski definition) is 2. The molecular weight excluding hydrogens is 312 g/mol. The highest BCUT2D eigenvalue weighted by Crippen LogP contribution is 2.23. The number of amides is 1. The summed E-state index contributed by atoms with van der Waals surface area (Å²) in [7, 11) is 0. The number of aliphatic hydroxyl groups is 1. The second kappa shape index (κ2) is 5.98. The summed E-state index contributed by atoms with van der Waals surface area (Å²) in [4.78, 5) is 17.8. The first-order valence-corrected chi connectivity index (χ1v) is 7.55. The van der Waals surface area contributed by atoms with Gasteiger partial charge in [-0.1, -0.05) is 0 Å². The number of likely N-dealkylation sites (tertiary alicyclic amines) is 1. The van der Waals surface area contributed by atoms with Gasteiger partial charge in [-0.3, -0.25) is 4.79 Å². The number of anilines is 2. The van der Waals surface area contributed by atoms with Crippen LogP contribution in [0.5, 0.6) is 0 Å². The van der Waals surface area contributed by atoms with Crippen molar-refractivity contribution in [3.05, 3.63) is 40.9 Å². The highest BCUT2D eigenvalue weighted by Gasteiger charge is 2.26. The predicted octanol–water partition coefficient (Wildman–Crippen LogP) is 2.37. The predicted molar refractivity (Wildman–Crippen MR) is 78.3 cm³/mol. The molecule has 8 heteroatoms. The van der Waals surface area contributed by atoms with Crippen LogP contribution in [-0.4, -0.2) is 40.1 Å². The smallest absolute Gasteiger partial charge is 0.273 e. The highest BCUT2D eigenvalue weighted by atomic mass is 32.1. The molecule has 0 aliphatic carbocycles. The van der Waals surface area contributed by atoms with E-state index in [1.165, 1.54) is 16.2 Å². The summed E-state index contributed by atoms with van der Waals surface area (Å²) in [6.45, 7) is 0.795. The fourth-order valence-corrected chi connectivity index (χ4v) is 2.97. The van der Waals surface area contributed by atoms with Gasteiger partial charge >= 0.3 is 0 Å². The van der Waals surface area contributed by atoms with Crippen molar-refractivity contribution in [1.29, 1.82) is 0 Å². The van der Waals surface area contributed by atoms with Crippen molar-refractivity contribution in [2.45, 2.75) is 12.5 Å². The molecule has 116 valence electrons. The molecule has 22 heavy (non-hydrogen) atoms. The zero-order valence-corrected chi connectivity index (χ0v) is 12.2. The Morgan fingerprint density at radius 1 is 1.36 bits per heavy atom. The van der Waals surface area contributed by atoms with Gasteiger partial charge in [0.15, 0.2) is 5.13 Å². The number of β-amino-alcohol motifs (C(OH)–C–C–N with tert-alkyl or cyclic N) is 1. The summed E-state index contributed by atoms with van der Waals surface area (Å²) in [6, 6.07) is 3.06. The normalized spacial score (nSPS) is 17.8. The van der Waals surface area contributed by atoms with E-state index in [9.17, 15) is 18.7 Å². The van der Waals surface area contributed by atoms with E-state index in [1.807, 2.05) is 0 Å². The molecule has 1 aliphatic rings. The third-order valence-corrected chi connectivity index (χ3v) is 4.05. The number of aliphatic hydroxyl groups excluding tert-OH is 1. The molecule has 0 saturated carbocycles. The Hall–Kier alpha value is -2.06. The van der Waals surface area contributed by atoms with Crippen molar-refractivity contribution in [2.75, 3.05) is 18.4 Å². The molecule has 1 aliphatic heterocycles. The van der Waals surface area contributed by atoms with Crippen LogP contribution in [0.25, 0.3) is 0 Å². The maximum Gasteiger partial charge on any atom is 0.273 e. The summed E-state index contributed by atoms with van der Waals surface area (Å²) in [5.74, 6) is -1.64. The van der Waals surface area contributed by atoms with Gasteiger partial charge in [0.2, 0.25) is 0 Å². The number of hydrogen-bond acceptors (Lipinski definition) is 5. The van der Waals surface area contributed by atoms with E-state index in [-0.39, 0.29) is 17.3 Å². The van der Waals surface area contributed by atoms with Gasteiger partial charge in [-0.15, -0.1) is 11.3 Å².